The molecule has 0 spiro atoms. The number of likely N-dealkylation sites (tertiary alicyclic amines) is 1. The molecule has 1 aliphatic rings. The van der Waals surface area contributed by atoms with E-state index in [1.165, 1.54) is 36.4 Å². The number of piperidine rings is 1. The lowest BCUT2D eigenvalue weighted by atomic mass is 10.1. The van der Waals surface area contributed by atoms with E-state index in [2.05, 4.69) is 5.32 Å². The summed E-state index contributed by atoms with van der Waals surface area (Å²) in [4.78, 5) is 40.6. The number of anilines is 2. The number of hydrogen-bond donors (Lipinski definition) is 2. The van der Waals surface area contributed by atoms with Crippen LogP contribution in [0, 0.1) is 0 Å². The first-order valence-corrected chi connectivity index (χ1v) is 11.9. The Morgan fingerprint density at radius 3 is 2.26 bits per heavy atom. The molecule has 4 rings (SSSR count). The number of hydroxylamine groups is 1. The molecule has 0 unspecified atom stereocenters. The van der Waals surface area contributed by atoms with Crippen molar-refractivity contribution < 1.29 is 19.6 Å². The monoisotopic (exact) mass is 511 g/mol. The van der Waals surface area contributed by atoms with Crippen molar-refractivity contribution in [2.45, 2.75) is 19.3 Å². The molecule has 1 aliphatic heterocycles. The van der Waals surface area contributed by atoms with Crippen LogP contribution in [-0.4, -0.2) is 40.9 Å². The van der Waals surface area contributed by atoms with Crippen molar-refractivity contribution in [1.82, 2.24) is 4.90 Å². The summed E-state index contributed by atoms with van der Waals surface area (Å²) in [5.41, 5.74) is 0.952. The standard InChI is InChI=1S/C26H23Cl2N3O4/c27-19-9-10-22(23(28)15-19)24(32)29-20-13-18(25(33)30-11-5-2-6-12-30)14-21(16-20)31(35)26(34)17-7-3-1-4-8-17/h1,3-4,7-10,13-16,35H,2,5-6,11-12H2,(H,29,32). The summed E-state index contributed by atoms with van der Waals surface area (Å²) in [6.07, 6.45) is 2.87. The van der Waals surface area contributed by atoms with Gasteiger partial charge in [0.1, 0.15) is 0 Å². The van der Waals surface area contributed by atoms with Gasteiger partial charge >= 0.3 is 0 Å². The van der Waals surface area contributed by atoms with E-state index in [-0.39, 0.29) is 39.0 Å². The second-order valence-corrected chi connectivity index (χ2v) is 9.03. The van der Waals surface area contributed by atoms with Crippen molar-refractivity contribution in [3.05, 3.63) is 93.5 Å². The highest BCUT2D eigenvalue weighted by Crippen LogP contribution is 2.27. The maximum atomic E-state index is 13.2. The number of nitrogens with one attached hydrogen (secondary N) is 1. The van der Waals surface area contributed by atoms with Gasteiger partial charge in [-0.2, -0.15) is 5.06 Å². The van der Waals surface area contributed by atoms with Gasteiger partial charge in [-0.3, -0.25) is 19.6 Å². The second kappa shape index (κ2) is 10.9. The van der Waals surface area contributed by atoms with Crippen molar-refractivity contribution in [3.63, 3.8) is 0 Å². The quantitative estimate of drug-likeness (QED) is 0.329. The molecule has 0 radical (unpaired) electrons. The fourth-order valence-corrected chi connectivity index (χ4v) is 4.40. The first-order chi connectivity index (χ1) is 16.8. The average molecular weight is 512 g/mol. The van der Waals surface area contributed by atoms with Crippen LogP contribution in [-0.2, 0) is 0 Å². The van der Waals surface area contributed by atoms with Crippen LogP contribution in [0.15, 0.2) is 66.7 Å². The fourth-order valence-electron chi connectivity index (χ4n) is 3.90. The zero-order chi connectivity index (χ0) is 24.9. The number of benzene rings is 3. The van der Waals surface area contributed by atoms with Gasteiger partial charge in [0.25, 0.3) is 17.7 Å². The molecule has 35 heavy (non-hydrogen) atoms. The Kier molecular flexibility index (Phi) is 7.70. The van der Waals surface area contributed by atoms with Crippen molar-refractivity contribution in [2.75, 3.05) is 23.5 Å². The Bertz CT molecular complexity index is 1260. The summed E-state index contributed by atoms with van der Waals surface area (Å²) in [6, 6.07) is 17.1. The van der Waals surface area contributed by atoms with Gasteiger partial charge < -0.3 is 10.2 Å². The van der Waals surface area contributed by atoms with E-state index in [1.54, 1.807) is 35.2 Å². The number of hydrogen-bond acceptors (Lipinski definition) is 4. The first kappa shape index (κ1) is 24.7. The highest BCUT2D eigenvalue weighted by molar-refractivity contribution is 6.37. The predicted molar refractivity (Wildman–Crippen MR) is 136 cm³/mol. The molecule has 1 fully saturated rings. The Morgan fingerprint density at radius 1 is 0.857 bits per heavy atom. The Hall–Kier alpha value is -3.39. The largest absolute Gasteiger partial charge is 0.339 e. The molecule has 180 valence electrons. The topological polar surface area (TPSA) is 90.0 Å². The minimum absolute atomic E-state index is 0.0409. The van der Waals surface area contributed by atoms with E-state index >= 15 is 0 Å². The van der Waals surface area contributed by atoms with Gasteiger partial charge in [-0.15, -0.1) is 0 Å². The molecule has 1 saturated heterocycles. The maximum Gasteiger partial charge on any atom is 0.281 e. The first-order valence-electron chi connectivity index (χ1n) is 11.1. The SMILES string of the molecule is O=C(Nc1cc(C(=O)N2CCCCC2)cc(N(O)C(=O)c2ccccc2)c1)c1ccc(Cl)cc1Cl. The van der Waals surface area contributed by atoms with Gasteiger partial charge in [0.2, 0.25) is 0 Å². The minimum Gasteiger partial charge on any atom is -0.339 e. The second-order valence-electron chi connectivity index (χ2n) is 8.18. The van der Waals surface area contributed by atoms with Gasteiger partial charge in [0.05, 0.1) is 16.3 Å². The van der Waals surface area contributed by atoms with Crippen LogP contribution in [0.1, 0.15) is 50.3 Å². The van der Waals surface area contributed by atoms with Gasteiger partial charge in [0, 0.05) is 34.9 Å². The number of nitrogens with zero attached hydrogens (tertiary/aromatic N) is 2. The third kappa shape index (κ3) is 5.82. The van der Waals surface area contributed by atoms with E-state index in [0.717, 1.165) is 19.3 Å². The predicted octanol–water partition coefficient (Wildman–Crippen LogP) is 5.91. The number of amides is 3. The summed E-state index contributed by atoms with van der Waals surface area (Å²) < 4.78 is 0. The van der Waals surface area contributed by atoms with Crippen LogP contribution >= 0.6 is 23.2 Å². The lowest BCUT2D eigenvalue weighted by Gasteiger charge is -2.27. The van der Waals surface area contributed by atoms with Crippen molar-refractivity contribution >= 4 is 52.3 Å². The fraction of sp³-hybridized carbons (Fsp3) is 0.192. The summed E-state index contributed by atoms with van der Waals surface area (Å²) in [7, 11) is 0. The molecule has 0 aliphatic carbocycles. The maximum absolute atomic E-state index is 13.2. The van der Waals surface area contributed by atoms with Crippen LogP contribution in [0.5, 0.6) is 0 Å². The molecule has 3 amide bonds. The Morgan fingerprint density at radius 2 is 1.57 bits per heavy atom. The number of carbonyl (C=O) groups excluding carboxylic acids is 3. The zero-order valence-corrected chi connectivity index (χ0v) is 20.2. The van der Waals surface area contributed by atoms with Crippen LogP contribution in [0.3, 0.4) is 0 Å². The highest BCUT2D eigenvalue weighted by Gasteiger charge is 2.23. The molecular formula is C26H23Cl2N3O4. The normalized spacial score (nSPS) is 13.3. The number of carbonyl (C=O) groups is 3. The molecule has 1 heterocycles. The molecule has 0 saturated carbocycles. The molecular weight excluding hydrogens is 489 g/mol. The van der Waals surface area contributed by atoms with E-state index in [0.29, 0.717) is 23.2 Å². The third-order valence-corrected chi connectivity index (χ3v) is 6.25. The molecule has 9 heteroatoms. The number of rotatable bonds is 5. The number of halogens is 2. The van der Waals surface area contributed by atoms with Crippen molar-refractivity contribution in [1.29, 1.82) is 0 Å². The van der Waals surface area contributed by atoms with Crippen molar-refractivity contribution in [2.24, 2.45) is 0 Å². The van der Waals surface area contributed by atoms with E-state index in [1.807, 2.05) is 0 Å². The van der Waals surface area contributed by atoms with E-state index in [4.69, 9.17) is 23.2 Å². The molecule has 2 N–H and O–H groups in total. The summed E-state index contributed by atoms with van der Waals surface area (Å²) in [5.74, 6) is -1.45. The van der Waals surface area contributed by atoms with Crippen LogP contribution in [0.2, 0.25) is 10.0 Å². The lowest BCUT2D eigenvalue weighted by molar-refractivity contribution is 0.0723. The summed E-state index contributed by atoms with van der Waals surface area (Å²) in [6.45, 7) is 1.24. The molecule has 0 atom stereocenters. The smallest absolute Gasteiger partial charge is 0.281 e. The molecule has 3 aromatic carbocycles. The van der Waals surface area contributed by atoms with E-state index in [9.17, 15) is 19.6 Å². The van der Waals surface area contributed by atoms with Crippen LogP contribution < -0.4 is 10.4 Å². The molecule has 3 aromatic rings. The van der Waals surface area contributed by atoms with Gasteiger partial charge in [0.15, 0.2) is 0 Å². The van der Waals surface area contributed by atoms with Gasteiger partial charge in [-0.05, 0) is 67.8 Å². The summed E-state index contributed by atoms with van der Waals surface area (Å²) in [5, 5.41) is 14.4. The van der Waals surface area contributed by atoms with Gasteiger partial charge in [-0.25, -0.2) is 0 Å². The zero-order valence-electron chi connectivity index (χ0n) is 18.7. The van der Waals surface area contributed by atoms with Crippen molar-refractivity contribution in [3.8, 4) is 0 Å². The van der Waals surface area contributed by atoms with E-state index < -0.39 is 11.8 Å². The van der Waals surface area contributed by atoms with Crippen LogP contribution in [0.25, 0.3) is 0 Å². The lowest BCUT2D eigenvalue weighted by Crippen LogP contribution is -2.36. The van der Waals surface area contributed by atoms with Crippen LogP contribution in [0.4, 0.5) is 11.4 Å². The minimum atomic E-state index is -0.675. The Labute approximate surface area is 212 Å². The highest BCUT2D eigenvalue weighted by atomic mass is 35.5. The average Bonchev–Trinajstić information content (AvgIpc) is 2.88. The summed E-state index contributed by atoms with van der Waals surface area (Å²) >= 11 is 12.1. The Balaban J connectivity index is 1.68. The molecule has 7 nitrogen and oxygen atoms in total. The third-order valence-electron chi connectivity index (χ3n) is 5.70. The van der Waals surface area contributed by atoms with Gasteiger partial charge in [-0.1, -0.05) is 41.4 Å². The molecule has 0 bridgehead atoms. The molecule has 0 aromatic heterocycles.